The van der Waals surface area contributed by atoms with Crippen molar-refractivity contribution in [1.82, 2.24) is 10.2 Å². The van der Waals surface area contributed by atoms with Crippen LogP contribution in [0.2, 0.25) is 0 Å². The highest BCUT2D eigenvalue weighted by Gasteiger charge is 2.33. The molecule has 1 aliphatic carbocycles. The maximum absolute atomic E-state index is 3.57. The highest BCUT2D eigenvalue weighted by Crippen LogP contribution is 2.31. The summed E-state index contributed by atoms with van der Waals surface area (Å²) < 4.78 is 1.15. The number of rotatable bonds is 6. The molecule has 0 aliphatic heterocycles. The van der Waals surface area contributed by atoms with E-state index in [-0.39, 0.29) is 0 Å². The summed E-state index contributed by atoms with van der Waals surface area (Å²) in [5, 5.41) is 3.57. The standard InChI is InChI=1S/C16H25BrN2/c1-12(2)18-10-14-6-9-16(14)19(3)11-13-4-7-15(17)8-5-13/h4-5,7-8,12,14,16,18H,6,9-11H2,1-3H3. The first-order chi connectivity index (χ1) is 9.06. The van der Waals surface area contributed by atoms with E-state index >= 15 is 0 Å². The Balaban J connectivity index is 1.82. The van der Waals surface area contributed by atoms with Crippen molar-refractivity contribution < 1.29 is 0 Å². The van der Waals surface area contributed by atoms with Crippen molar-refractivity contribution in [1.29, 1.82) is 0 Å². The van der Waals surface area contributed by atoms with Crippen LogP contribution < -0.4 is 5.32 Å². The van der Waals surface area contributed by atoms with Gasteiger partial charge in [0, 0.05) is 23.1 Å². The topological polar surface area (TPSA) is 15.3 Å². The van der Waals surface area contributed by atoms with Gasteiger partial charge in [-0.25, -0.2) is 0 Å². The van der Waals surface area contributed by atoms with Crippen LogP contribution in [0, 0.1) is 5.92 Å². The van der Waals surface area contributed by atoms with E-state index < -0.39 is 0 Å². The van der Waals surface area contributed by atoms with Crippen molar-refractivity contribution in [3.63, 3.8) is 0 Å². The molecule has 106 valence electrons. The Morgan fingerprint density at radius 2 is 1.95 bits per heavy atom. The molecule has 0 aromatic heterocycles. The van der Waals surface area contributed by atoms with Crippen LogP contribution in [-0.2, 0) is 6.54 Å². The minimum atomic E-state index is 0.595. The summed E-state index contributed by atoms with van der Waals surface area (Å²) in [4.78, 5) is 2.51. The van der Waals surface area contributed by atoms with Gasteiger partial charge in [-0.1, -0.05) is 41.9 Å². The Morgan fingerprint density at radius 1 is 1.26 bits per heavy atom. The lowest BCUT2D eigenvalue weighted by Gasteiger charge is -2.43. The first-order valence-electron chi connectivity index (χ1n) is 7.24. The molecule has 1 aliphatic rings. The summed E-state index contributed by atoms with van der Waals surface area (Å²) in [6, 6.07) is 10.0. The van der Waals surface area contributed by atoms with Crippen LogP contribution in [0.15, 0.2) is 28.7 Å². The van der Waals surface area contributed by atoms with Crippen LogP contribution >= 0.6 is 15.9 Å². The fourth-order valence-corrected chi connectivity index (χ4v) is 3.02. The molecule has 1 aromatic rings. The Bertz CT molecular complexity index is 388. The van der Waals surface area contributed by atoms with E-state index in [1.807, 2.05) is 0 Å². The summed E-state index contributed by atoms with van der Waals surface area (Å²) in [6.45, 7) is 6.65. The lowest BCUT2D eigenvalue weighted by atomic mass is 9.78. The Hall–Kier alpha value is -0.380. The minimum absolute atomic E-state index is 0.595. The number of halogens is 1. The van der Waals surface area contributed by atoms with Crippen LogP contribution in [-0.4, -0.2) is 30.6 Å². The summed E-state index contributed by atoms with van der Waals surface area (Å²) in [6.07, 6.45) is 2.71. The monoisotopic (exact) mass is 324 g/mol. The average molecular weight is 325 g/mol. The lowest BCUT2D eigenvalue weighted by molar-refractivity contribution is 0.0768. The van der Waals surface area contributed by atoms with E-state index in [0.29, 0.717) is 6.04 Å². The number of benzene rings is 1. The second kappa shape index (κ2) is 6.87. The molecule has 3 heteroatoms. The maximum atomic E-state index is 3.57. The molecule has 2 nitrogen and oxygen atoms in total. The molecule has 0 saturated heterocycles. The molecule has 1 fully saturated rings. The van der Waals surface area contributed by atoms with Crippen LogP contribution in [0.1, 0.15) is 32.3 Å². The quantitative estimate of drug-likeness (QED) is 0.859. The van der Waals surface area contributed by atoms with E-state index in [4.69, 9.17) is 0 Å². The molecule has 2 unspecified atom stereocenters. The van der Waals surface area contributed by atoms with E-state index in [0.717, 1.165) is 29.5 Å². The third-order valence-corrected chi connectivity index (χ3v) is 4.61. The van der Waals surface area contributed by atoms with Gasteiger partial charge in [-0.3, -0.25) is 4.90 Å². The summed E-state index contributed by atoms with van der Waals surface area (Å²) in [5.41, 5.74) is 1.40. The van der Waals surface area contributed by atoms with Crippen molar-refractivity contribution in [3.05, 3.63) is 34.3 Å². The van der Waals surface area contributed by atoms with Gasteiger partial charge in [0.05, 0.1) is 0 Å². The third-order valence-electron chi connectivity index (χ3n) is 4.08. The van der Waals surface area contributed by atoms with Gasteiger partial charge >= 0.3 is 0 Å². The second-order valence-corrected chi connectivity index (χ2v) is 6.92. The molecular formula is C16H25BrN2. The third kappa shape index (κ3) is 4.30. The molecule has 2 rings (SSSR count). The van der Waals surface area contributed by atoms with Gasteiger partial charge in [0.15, 0.2) is 0 Å². The number of hydrogen-bond donors (Lipinski definition) is 1. The maximum Gasteiger partial charge on any atom is 0.0233 e. The minimum Gasteiger partial charge on any atom is -0.314 e. The van der Waals surface area contributed by atoms with Gasteiger partial charge < -0.3 is 5.32 Å². The fraction of sp³-hybridized carbons (Fsp3) is 0.625. The van der Waals surface area contributed by atoms with Gasteiger partial charge in [-0.15, -0.1) is 0 Å². The van der Waals surface area contributed by atoms with E-state index in [9.17, 15) is 0 Å². The zero-order valence-corrected chi connectivity index (χ0v) is 13.8. The Labute approximate surface area is 125 Å². The zero-order chi connectivity index (χ0) is 13.8. The predicted octanol–water partition coefficient (Wildman–Crippen LogP) is 3.66. The number of nitrogens with one attached hydrogen (secondary N) is 1. The first-order valence-corrected chi connectivity index (χ1v) is 8.03. The van der Waals surface area contributed by atoms with E-state index in [1.54, 1.807) is 0 Å². The van der Waals surface area contributed by atoms with Gasteiger partial charge in [0.2, 0.25) is 0 Å². The average Bonchev–Trinajstić information content (AvgIpc) is 2.30. The molecule has 2 atom stereocenters. The Morgan fingerprint density at radius 3 is 2.47 bits per heavy atom. The first kappa shape index (κ1) is 15.0. The van der Waals surface area contributed by atoms with Crippen molar-refractivity contribution in [2.75, 3.05) is 13.6 Å². The molecule has 0 radical (unpaired) electrons. The molecule has 0 bridgehead atoms. The molecule has 1 saturated carbocycles. The summed E-state index contributed by atoms with van der Waals surface area (Å²) in [7, 11) is 2.26. The van der Waals surface area contributed by atoms with Gasteiger partial charge in [-0.2, -0.15) is 0 Å². The van der Waals surface area contributed by atoms with E-state index in [1.165, 1.54) is 18.4 Å². The number of hydrogen-bond acceptors (Lipinski definition) is 2. The lowest BCUT2D eigenvalue weighted by Crippen LogP contribution is -2.49. The summed E-state index contributed by atoms with van der Waals surface area (Å²) >= 11 is 3.49. The van der Waals surface area contributed by atoms with Crippen LogP contribution in [0.3, 0.4) is 0 Å². The molecule has 19 heavy (non-hydrogen) atoms. The van der Waals surface area contributed by atoms with Crippen molar-refractivity contribution in [2.45, 2.75) is 45.3 Å². The molecule has 0 spiro atoms. The normalized spacial score (nSPS) is 22.8. The smallest absolute Gasteiger partial charge is 0.0233 e. The van der Waals surface area contributed by atoms with Gasteiger partial charge in [0.25, 0.3) is 0 Å². The zero-order valence-electron chi connectivity index (χ0n) is 12.2. The predicted molar refractivity (Wildman–Crippen MR) is 85.3 cm³/mol. The Kier molecular flexibility index (Phi) is 5.43. The highest BCUT2D eigenvalue weighted by atomic mass is 79.9. The number of nitrogens with zero attached hydrogens (tertiary/aromatic N) is 1. The molecule has 0 heterocycles. The van der Waals surface area contributed by atoms with E-state index in [2.05, 4.69) is 71.3 Å². The second-order valence-electron chi connectivity index (χ2n) is 6.01. The SMILES string of the molecule is CC(C)NCC1CCC1N(C)Cc1ccc(Br)cc1. The molecule has 1 N–H and O–H groups in total. The molecule has 1 aromatic carbocycles. The van der Waals surface area contributed by atoms with Crippen LogP contribution in [0.5, 0.6) is 0 Å². The largest absolute Gasteiger partial charge is 0.314 e. The highest BCUT2D eigenvalue weighted by molar-refractivity contribution is 9.10. The van der Waals surface area contributed by atoms with Crippen molar-refractivity contribution in [3.8, 4) is 0 Å². The molecule has 0 amide bonds. The van der Waals surface area contributed by atoms with Crippen LogP contribution in [0.25, 0.3) is 0 Å². The van der Waals surface area contributed by atoms with Crippen LogP contribution in [0.4, 0.5) is 0 Å². The molecular weight excluding hydrogens is 300 g/mol. The van der Waals surface area contributed by atoms with Crippen molar-refractivity contribution >= 4 is 15.9 Å². The van der Waals surface area contributed by atoms with Gasteiger partial charge in [-0.05, 0) is 50.0 Å². The van der Waals surface area contributed by atoms with Gasteiger partial charge in [0.1, 0.15) is 0 Å². The fourth-order valence-electron chi connectivity index (χ4n) is 2.75. The van der Waals surface area contributed by atoms with Crippen molar-refractivity contribution in [2.24, 2.45) is 5.92 Å². The summed E-state index contributed by atoms with van der Waals surface area (Å²) in [5.74, 6) is 0.822.